The predicted octanol–water partition coefficient (Wildman–Crippen LogP) is 8.41. The summed E-state index contributed by atoms with van der Waals surface area (Å²) in [7, 11) is 0. The molecular formula is C87H159N21O17P4. The Balaban J connectivity index is 0.000000309. The Hall–Kier alpha value is -6.12. The average molecular weight is 1900 g/mol. The number of aromatic nitrogens is 16. The zero-order valence-electron chi connectivity index (χ0n) is 75.7. The maximum atomic E-state index is 10.8. The molecule has 4 aliphatic rings. The molecule has 0 aromatic carbocycles. The number of imidazole rings is 4. The second-order valence-corrected chi connectivity index (χ2v) is 52.6. The molecule has 4 saturated heterocycles. The summed E-state index contributed by atoms with van der Waals surface area (Å²) >= 11 is 0. The first-order chi connectivity index (χ1) is 59.4. The zero-order chi connectivity index (χ0) is 91.1. The van der Waals surface area contributed by atoms with E-state index in [1.807, 2.05) is 34.6 Å². The quantitative estimate of drug-likeness (QED) is 0.0126. The first kappa shape index (κ1) is 113. The van der Waals surface area contributed by atoms with Crippen molar-refractivity contribution in [3.8, 4) is 0 Å². The van der Waals surface area contributed by atoms with Crippen LogP contribution in [0, 0.1) is 23.7 Å². The molecule has 8 aromatic heterocycles. The van der Waals surface area contributed by atoms with Gasteiger partial charge in [0.05, 0.1) is 103 Å². The molecule has 14 N–H and O–H groups in total. The predicted molar refractivity (Wildman–Crippen MR) is 529 cm³/mol. The summed E-state index contributed by atoms with van der Waals surface area (Å²) in [4.78, 5) is 52.1. The van der Waals surface area contributed by atoms with Crippen LogP contribution in [-0.2, 0) is 42.6 Å². The molecule has 0 aliphatic carbocycles. The maximum absolute atomic E-state index is 10.8. The Morgan fingerprint density at radius 2 is 0.581 bits per heavy atom. The van der Waals surface area contributed by atoms with Crippen LogP contribution in [0.3, 0.4) is 0 Å². The van der Waals surface area contributed by atoms with Crippen LogP contribution in [0.5, 0.6) is 0 Å². The van der Waals surface area contributed by atoms with E-state index in [0.717, 1.165) is 69.8 Å². The van der Waals surface area contributed by atoms with E-state index < -0.39 is 126 Å². The lowest BCUT2D eigenvalue weighted by molar-refractivity contribution is -0.0487. The Morgan fingerprint density at radius 3 is 0.822 bits per heavy atom. The van der Waals surface area contributed by atoms with Crippen molar-refractivity contribution >= 4 is 121 Å². The third kappa shape index (κ3) is 31.7. The van der Waals surface area contributed by atoms with Crippen LogP contribution in [0.1, 0.15) is 135 Å². The van der Waals surface area contributed by atoms with Gasteiger partial charge in [0.25, 0.3) is 0 Å². The molecule has 12 heterocycles. The SMILES string of the molecule is C.C.C.C.C=P(C)(C)CC(C)[C@H]1O[C@@H](n2cnc3c(NCC)ncnc32)[C@H](O)[C@@H]1O.C=P(C)(C)CC(C)[C@H]1O[C@@H](n2cnc3c(NCCC)ncnc32)[C@H](O)[C@@H]1O.C=P(C)(C)CC(C)[C@H]1O[C@@H](n2cnc3c(NCCCC)ncnc32)[C@H](O)[C@@H]1O.C=P(C)(C)CC(C)[C@H]1O[C@@H](n2cnc3c(NCCCOCCOCCOCCOCCOCCCN)ncnc32)[C@H](O)[C@@H]1O. The minimum absolute atomic E-state index is 0. The smallest absolute Gasteiger partial charge is 0.167 e. The van der Waals surface area contributed by atoms with E-state index in [1.165, 1.54) is 25.3 Å². The highest BCUT2D eigenvalue weighted by molar-refractivity contribution is 7.73. The van der Waals surface area contributed by atoms with E-state index in [9.17, 15) is 40.9 Å². The molecule has 8 aromatic rings. The molecule has 4 aliphatic heterocycles. The summed E-state index contributed by atoms with van der Waals surface area (Å²) in [6, 6.07) is 0. The third-order valence-electron chi connectivity index (χ3n) is 21.5. The van der Waals surface area contributed by atoms with Crippen molar-refractivity contribution in [2.45, 2.75) is 208 Å². The molecule has 129 heavy (non-hydrogen) atoms. The number of unbranched alkanes of at least 4 members (excludes halogenated alkanes) is 1. The van der Waals surface area contributed by atoms with Crippen molar-refractivity contribution in [2.75, 3.05) is 198 Å². The molecule has 12 rings (SSSR count). The Morgan fingerprint density at radius 1 is 0.341 bits per heavy atom. The molecule has 0 amide bonds. The van der Waals surface area contributed by atoms with Gasteiger partial charge in [-0.05, 0) is 141 Å². The van der Waals surface area contributed by atoms with E-state index in [1.54, 1.807) is 43.6 Å². The third-order valence-corrected chi connectivity index (χ3v) is 27.7. The van der Waals surface area contributed by atoms with Crippen LogP contribution in [0.2, 0.25) is 0 Å². The standard InChI is InChI=1S/C29H53N6O8P.C19H32N5O3P.C18H30N5O3P.C17H28N5O3P.4CH4/c1-22(19-44(2,3)4)26-24(36)25(37)29(43-26)35-21-34-23-27(32-20-33-28(23)35)31-8-6-10-39-12-14-41-16-18-42-17-15-40-13-11-38-9-5-7-30;1-6-7-8-20-17-13-18(22-10-21-17)24(11-23-13)19-15(26)14(25)16(27-19)12(2)9-28(3,4)5;1-6-7-19-16-12-17(21-9-20-16)23(10-22-12)18-14(25)13(24)15(26-18)11(2)8-27(3,4)5;1-6-18-15-11-16(20-8-19-15)22(9-21-11)17-13(24)12(23)14(25-17)10(2)7-26(3,4)5;;;;/h20-22,24-26,29,36-37H,2,5-19,30H2,1,3-4H3,(H,31,32,33);10-12,14-16,19,25-26H,3,6-9H2,1-2,4-5H3,(H,20,21,22);9-11,13-15,18,24-25H,3,6-8H2,1-2,4-5H3,(H,19,20,21);8-10,12-14,17,23-24H,3,6-7H2,1-2,4-5H3,(H,18,19,20);4*1H4/t22?,24-,25+,26+,29+;12?,14-,15+,16+,19+;11?,13-,14+,15+,18+;10?,12-,13+,14+,17+;;;;/m0000..../s1. The maximum Gasteiger partial charge on any atom is 0.167 e. The number of anilines is 4. The minimum atomic E-state index is -1.33. The number of hydrogen-bond acceptors (Lipinski definition) is 34. The molecule has 4 fully saturated rings. The average Bonchev–Trinajstić information content (AvgIpc) is 1.63. The number of hydrogen-bond donors (Lipinski definition) is 13. The number of nitrogens with two attached hydrogens (primary N) is 1. The van der Waals surface area contributed by atoms with Gasteiger partial charge in [-0.15, -0.1) is 52.7 Å². The highest BCUT2D eigenvalue weighted by atomic mass is 31.2. The van der Waals surface area contributed by atoms with Gasteiger partial charge in [-0.2, -0.15) is 0 Å². The van der Waals surface area contributed by atoms with Crippen LogP contribution in [0.15, 0.2) is 50.6 Å². The number of nitrogens with zero attached hydrogens (tertiary/aromatic N) is 16. The normalized spacial score (nSPS) is 24.3. The van der Waals surface area contributed by atoms with Crippen LogP contribution in [0.25, 0.3) is 44.7 Å². The second kappa shape index (κ2) is 53.2. The van der Waals surface area contributed by atoms with Gasteiger partial charge in [0, 0.05) is 39.4 Å². The monoisotopic (exact) mass is 1890 g/mol. The fourth-order valence-corrected chi connectivity index (χ4v) is 23.2. The Labute approximate surface area is 764 Å². The van der Waals surface area contributed by atoms with Gasteiger partial charge in [0.15, 0.2) is 92.8 Å². The first-order valence-corrected chi connectivity index (χ1v) is 55.6. The van der Waals surface area contributed by atoms with Crippen molar-refractivity contribution in [1.82, 2.24) is 78.1 Å². The van der Waals surface area contributed by atoms with E-state index in [-0.39, 0.29) is 53.4 Å². The van der Waals surface area contributed by atoms with Gasteiger partial charge in [0.1, 0.15) is 74.1 Å². The van der Waals surface area contributed by atoms with Crippen LogP contribution < -0.4 is 27.0 Å². The summed E-state index contributed by atoms with van der Waals surface area (Å²) in [6.45, 7) is 35.4. The zero-order valence-corrected chi connectivity index (χ0v) is 79.3. The fraction of sp³-hybridized carbons (Fsp3) is 0.724. The molecule has 38 nitrogen and oxygen atoms in total. The van der Waals surface area contributed by atoms with Gasteiger partial charge in [-0.3, -0.25) is 18.3 Å². The first-order valence-electron chi connectivity index (χ1n) is 43.4. The number of fused-ring (bicyclic) bond motifs is 4. The van der Waals surface area contributed by atoms with Gasteiger partial charge in [-0.25, -0.2) is 59.8 Å². The molecule has 0 spiro atoms. The van der Waals surface area contributed by atoms with Crippen molar-refractivity contribution in [3.05, 3.63) is 50.6 Å². The molecule has 734 valence electrons. The number of rotatable bonds is 45. The van der Waals surface area contributed by atoms with Crippen LogP contribution in [-0.4, -0.2) is 394 Å². The number of aliphatic hydroxyl groups is 8. The lowest BCUT2D eigenvalue weighted by Crippen LogP contribution is -2.36. The summed E-state index contributed by atoms with van der Waals surface area (Å²) in [5.41, 5.74) is 10.1. The van der Waals surface area contributed by atoms with E-state index >= 15 is 0 Å². The molecule has 20 atom stereocenters. The van der Waals surface area contributed by atoms with Crippen molar-refractivity contribution in [2.24, 2.45) is 29.4 Å². The Kier molecular flexibility index (Phi) is 46.8. The van der Waals surface area contributed by atoms with Gasteiger partial charge >= 0.3 is 0 Å². The van der Waals surface area contributed by atoms with E-state index in [0.29, 0.717) is 154 Å². The van der Waals surface area contributed by atoms with Gasteiger partial charge in [0.2, 0.25) is 0 Å². The molecular weight excluding hydrogens is 1730 g/mol. The molecule has 42 heteroatoms. The highest BCUT2D eigenvalue weighted by Crippen LogP contribution is 2.47. The summed E-state index contributed by atoms with van der Waals surface area (Å²) in [5, 5.41) is 98.1. The minimum Gasteiger partial charge on any atom is -0.388 e. The second-order valence-electron chi connectivity index (χ2n) is 35.7. The molecule has 0 bridgehead atoms. The fourth-order valence-electron chi connectivity index (χ4n) is 16.1. The topological polar surface area (TPSA) is 493 Å². The van der Waals surface area contributed by atoms with Crippen molar-refractivity contribution < 1.29 is 83.5 Å². The summed E-state index contributed by atoms with van der Waals surface area (Å²) in [6.07, 6.45) is 24.3. The molecule has 0 saturated carbocycles. The van der Waals surface area contributed by atoms with Gasteiger partial charge in [-0.1, -0.05) is 77.7 Å². The van der Waals surface area contributed by atoms with Crippen molar-refractivity contribution in [3.63, 3.8) is 0 Å². The van der Waals surface area contributed by atoms with Crippen LogP contribution in [0.4, 0.5) is 23.3 Å². The lowest BCUT2D eigenvalue weighted by Gasteiger charge is -2.26. The number of nitrogens with one attached hydrogen (secondary N) is 4. The molecule has 0 radical (unpaired) electrons. The Bertz CT molecular complexity index is 4800. The summed E-state index contributed by atoms with van der Waals surface area (Å²) < 4.78 is 58.6. The van der Waals surface area contributed by atoms with E-state index in [4.69, 9.17) is 48.4 Å². The summed E-state index contributed by atoms with van der Waals surface area (Å²) in [5.74, 6) is 2.86. The largest absolute Gasteiger partial charge is 0.388 e. The van der Waals surface area contributed by atoms with Gasteiger partial charge < -0.3 is 110 Å². The number of aliphatic hydroxyl groups excluding tert-OH is 8. The number of ether oxygens (including phenoxy) is 9. The lowest BCUT2D eigenvalue weighted by atomic mass is 10.0. The van der Waals surface area contributed by atoms with E-state index in [2.05, 4.69) is 173 Å². The van der Waals surface area contributed by atoms with Crippen LogP contribution >= 0.6 is 27.5 Å². The highest BCUT2D eigenvalue weighted by Gasteiger charge is 2.51. The molecule has 4 unspecified atom stereocenters. The van der Waals surface area contributed by atoms with Crippen molar-refractivity contribution in [1.29, 1.82) is 0 Å².